The van der Waals surface area contributed by atoms with Gasteiger partial charge in [-0.1, -0.05) is 66.7 Å². The molecule has 5 heteroatoms. The fraction of sp³-hybridized carbons (Fsp3) is 0. The minimum Gasteiger partial charge on any atom is -0.256 e. The molecule has 0 N–H and O–H groups in total. The maximum atomic E-state index is 4.62. The zero-order valence-corrected chi connectivity index (χ0v) is 23.5. The highest BCUT2D eigenvalue weighted by Crippen LogP contribution is 2.43. The van der Waals surface area contributed by atoms with Crippen LogP contribution in [-0.2, 0) is 0 Å². The molecule has 0 bridgehead atoms. The van der Waals surface area contributed by atoms with Crippen LogP contribution in [0.1, 0.15) is 0 Å². The third-order valence-corrected chi connectivity index (χ3v) is 8.61. The molecule has 0 unspecified atom stereocenters. The quantitative estimate of drug-likeness (QED) is 0.200. The van der Waals surface area contributed by atoms with E-state index in [9.17, 15) is 0 Å². The van der Waals surface area contributed by atoms with Crippen molar-refractivity contribution in [1.82, 2.24) is 24.9 Å². The first kappa shape index (κ1) is 24.5. The van der Waals surface area contributed by atoms with Gasteiger partial charge in [-0.05, 0) is 96.0 Å². The van der Waals surface area contributed by atoms with Gasteiger partial charge < -0.3 is 0 Å². The van der Waals surface area contributed by atoms with Gasteiger partial charge in [-0.15, -0.1) is 0 Å². The fourth-order valence-corrected chi connectivity index (χ4v) is 6.55. The Bertz CT molecular complexity index is 2430. The highest BCUT2D eigenvalue weighted by atomic mass is 14.8. The van der Waals surface area contributed by atoms with Gasteiger partial charge in [0.25, 0.3) is 0 Å². The van der Waals surface area contributed by atoms with E-state index in [1.807, 2.05) is 37.1 Å². The summed E-state index contributed by atoms with van der Waals surface area (Å²) in [5.74, 6) is 0. The molecule has 0 aliphatic carbocycles. The number of nitrogens with zero attached hydrogens (tertiary/aromatic N) is 5. The summed E-state index contributed by atoms with van der Waals surface area (Å²) in [6, 6.07) is 35.3. The van der Waals surface area contributed by atoms with Crippen molar-refractivity contribution in [3.63, 3.8) is 0 Å². The zero-order chi connectivity index (χ0) is 29.0. The summed E-state index contributed by atoms with van der Waals surface area (Å²) < 4.78 is 0. The molecule has 9 rings (SSSR count). The van der Waals surface area contributed by atoms with Crippen LogP contribution in [0.5, 0.6) is 0 Å². The molecule has 204 valence electrons. The summed E-state index contributed by atoms with van der Waals surface area (Å²) in [6.07, 6.45) is 12.4. The average molecular weight is 562 g/mol. The van der Waals surface area contributed by atoms with Crippen molar-refractivity contribution >= 4 is 43.2 Å². The second-order valence-electron chi connectivity index (χ2n) is 11.1. The van der Waals surface area contributed by atoms with Crippen molar-refractivity contribution in [2.45, 2.75) is 0 Å². The first-order valence-corrected chi connectivity index (χ1v) is 14.5. The van der Waals surface area contributed by atoms with E-state index in [0.717, 1.165) is 38.7 Å². The van der Waals surface area contributed by atoms with Gasteiger partial charge in [-0.2, -0.15) is 0 Å². The molecule has 0 radical (unpaired) electrons. The number of benzene rings is 6. The van der Waals surface area contributed by atoms with E-state index in [4.69, 9.17) is 0 Å². The summed E-state index contributed by atoms with van der Waals surface area (Å²) in [5, 5.41) is 8.61. The standard InChI is InChI=1S/C39H23N5/c1-2-24-3-4-27(17-37(24)44-13-1)33-9-5-25-8-12-36-34(10-6-26-7-11-35(33)38(25)39(26)36)30-15-28(31-18-40-22-41-19-31)14-29(16-30)32-20-42-23-43-21-32/h1-23H. The number of pyridine rings is 1. The SMILES string of the molecule is c1cnc2cc(-c3ccc4ccc5c(-c6cc(-c7cncnc7)cc(-c7cncnc7)c6)ccc6ccc3c4c65)ccc2c1. The monoisotopic (exact) mass is 561 g/mol. The predicted octanol–water partition coefficient (Wildman–Crippen LogP) is 9.38. The van der Waals surface area contributed by atoms with Gasteiger partial charge in [0.15, 0.2) is 0 Å². The lowest BCUT2D eigenvalue weighted by molar-refractivity contribution is 1.17. The molecule has 0 spiro atoms. The average Bonchev–Trinajstić information content (AvgIpc) is 3.10. The predicted molar refractivity (Wildman–Crippen MR) is 178 cm³/mol. The van der Waals surface area contributed by atoms with E-state index in [1.165, 1.54) is 49.0 Å². The molecule has 0 saturated heterocycles. The lowest BCUT2D eigenvalue weighted by Crippen LogP contribution is -1.91. The highest BCUT2D eigenvalue weighted by molar-refractivity contribution is 6.27. The van der Waals surface area contributed by atoms with Crippen LogP contribution in [0, 0.1) is 0 Å². The number of fused-ring (bicyclic) bond motifs is 1. The molecule has 0 saturated carbocycles. The topological polar surface area (TPSA) is 64.5 Å². The van der Waals surface area contributed by atoms with Gasteiger partial charge in [-0.3, -0.25) is 4.98 Å². The summed E-state index contributed by atoms with van der Waals surface area (Å²) in [4.78, 5) is 21.7. The van der Waals surface area contributed by atoms with Crippen molar-refractivity contribution in [2.24, 2.45) is 0 Å². The van der Waals surface area contributed by atoms with Crippen molar-refractivity contribution in [1.29, 1.82) is 0 Å². The van der Waals surface area contributed by atoms with E-state index in [0.29, 0.717) is 0 Å². The Balaban J connectivity index is 1.30. The Morgan fingerprint density at radius 3 is 1.52 bits per heavy atom. The van der Waals surface area contributed by atoms with Crippen LogP contribution in [0.25, 0.3) is 87.7 Å². The summed E-state index contributed by atoms with van der Waals surface area (Å²) in [6.45, 7) is 0. The maximum Gasteiger partial charge on any atom is 0.115 e. The van der Waals surface area contributed by atoms with Crippen LogP contribution in [0.3, 0.4) is 0 Å². The first-order valence-electron chi connectivity index (χ1n) is 14.5. The molecule has 0 aliphatic rings. The van der Waals surface area contributed by atoms with E-state index >= 15 is 0 Å². The Hall–Kier alpha value is -6.07. The zero-order valence-electron chi connectivity index (χ0n) is 23.5. The number of hydrogen-bond acceptors (Lipinski definition) is 5. The number of rotatable bonds is 4. The van der Waals surface area contributed by atoms with E-state index in [1.54, 1.807) is 12.7 Å². The Labute approximate surface area is 252 Å². The molecule has 44 heavy (non-hydrogen) atoms. The van der Waals surface area contributed by atoms with Gasteiger partial charge in [-0.25, -0.2) is 19.9 Å². The molecule has 0 amide bonds. The van der Waals surface area contributed by atoms with Gasteiger partial charge in [0, 0.05) is 47.5 Å². The van der Waals surface area contributed by atoms with Gasteiger partial charge in [0.1, 0.15) is 12.7 Å². The Morgan fingerprint density at radius 1 is 0.386 bits per heavy atom. The molecule has 0 aliphatic heterocycles. The molecule has 3 heterocycles. The second kappa shape index (κ2) is 9.75. The van der Waals surface area contributed by atoms with Crippen molar-refractivity contribution in [3.8, 4) is 44.5 Å². The molecule has 6 aromatic carbocycles. The lowest BCUT2D eigenvalue weighted by atomic mass is 9.86. The lowest BCUT2D eigenvalue weighted by Gasteiger charge is -2.17. The van der Waals surface area contributed by atoms with Gasteiger partial charge >= 0.3 is 0 Å². The van der Waals surface area contributed by atoms with Gasteiger partial charge in [0.2, 0.25) is 0 Å². The molecular formula is C39H23N5. The van der Waals surface area contributed by atoms with Crippen LogP contribution < -0.4 is 0 Å². The second-order valence-corrected chi connectivity index (χ2v) is 11.1. The van der Waals surface area contributed by atoms with Crippen molar-refractivity contribution in [3.05, 3.63) is 141 Å². The highest BCUT2D eigenvalue weighted by Gasteiger charge is 2.16. The summed E-state index contributed by atoms with van der Waals surface area (Å²) in [7, 11) is 0. The number of aromatic nitrogens is 5. The smallest absolute Gasteiger partial charge is 0.115 e. The minimum absolute atomic E-state index is 0.958. The van der Waals surface area contributed by atoms with Crippen LogP contribution >= 0.6 is 0 Å². The van der Waals surface area contributed by atoms with E-state index in [2.05, 4.69) is 116 Å². The van der Waals surface area contributed by atoms with Crippen LogP contribution in [0.4, 0.5) is 0 Å². The third kappa shape index (κ3) is 3.91. The molecule has 9 aromatic rings. The first-order chi connectivity index (χ1) is 21.8. The normalized spacial score (nSPS) is 11.6. The largest absolute Gasteiger partial charge is 0.256 e. The summed E-state index contributed by atoms with van der Waals surface area (Å²) in [5.41, 5.74) is 9.66. The molecule has 5 nitrogen and oxygen atoms in total. The number of hydrogen-bond donors (Lipinski definition) is 0. The minimum atomic E-state index is 0.958. The van der Waals surface area contributed by atoms with Crippen LogP contribution in [0.2, 0.25) is 0 Å². The van der Waals surface area contributed by atoms with Crippen molar-refractivity contribution < 1.29 is 0 Å². The van der Waals surface area contributed by atoms with Crippen LogP contribution in [0.15, 0.2) is 141 Å². The van der Waals surface area contributed by atoms with Gasteiger partial charge in [0.05, 0.1) is 5.52 Å². The third-order valence-electron chi connectivity index (χ3n) is 8.61. The maximum absolute atomic E-state index is 4.62. The molecule has 3 aromatic heterocycles. The Morgan fingerprint density at radius 2 is 0.909 bits per heavy atom. The molecule has 0 fully saturated rings. The fourth-order valence-electron chi connectivity index (χ4n) is 6.55. The van der Waals surface area contributed by atoms with E-state index in [-0.39, 0.29) is 0 Å². The Kier molecular flexibility index (Phi) is 5.43. The molecule has 0 atom stereocenters. The van der Waals surface area contributed by atoms with Crippen molar-refractivity contribution in [2.75, 3.05) is 0 Å². The van der Waals surface area contributed by atoms with E-state index < -0.39 is 0 Å². The summed E-state index contributed by atoms with van der Waals surface area (Å²) >= 11 is 0. The van der Waals surface area contributed by atoms with Crippen LogP contribution in [-0.4, -0.2) is 24.9 Å². The molecular weight excluding hydrogens is 538 g/mol.